The van der Waals surface area contributed by atoms with Gasteiger partial charge in [0.15, 0.2) is 0 Å². The quantitative estimate of drug-likeness (QED) is 0.112. The van der Waals surface area contributed by atoms with Crippen LogP contribution in [0.5, 0.6) is 0 Å². The fourth-order valence-corrected chi connectivity index (χ4v) is 4.86. The van der Waals surface area contributed by atoms with E-state index in [-0.39, 0.29) is 40.1 Å². The predicted molar refractivity (Wildman–Crippen MR) is 133 cm³/mol. The van der Waals surface area contributed by atoms with Gasteiger partial charge in [-0.2, -0.15) is 18.9 Å². The van der Waals surface area contributed by atoms with Crippen molar-refractivity contribution in [2.45, 2.75) is 0 Å². The van der Waals surface area contributed by atoms with Crippen molar-refractivity contribution in [3.63, 3.8) is 0 Å². The first-order chi connectivity index (χ1) is 16.6. The van der Waals surface area contributed by atoms with Crippen molar-refractivity contribution in [3.05, 3.63) is 68.2 Å². The smallest absolute Gasteiger partial charge is 0.272 e. The van der Waals surface area contributed by atoms with Crippen LogP contribution < -0.4 is 5.32 Å². The Labute approximate surface area is 212 Å². The van der Waals surface area contributed by atoms with E-state index in [1.807, 2.05) is 12.1 Å². The Hall–Kier alpha value is -3.69. The highest BCUT2D eigenvalue weighted by molar-refractivity contribution is 9.10. The zero-order valence-corrected chi connectivity index (χ0v) is 21.1. The monoisotopic (exact) mass is 574 g/mol. The molecule has 0 aliphatic carbocycles. The summed E-state index contributed by atoms with van der Waals surface area (Å²) < 4.78 is 27.3. The molecule has 1 heterocycles. The number of thiophene rings is 1. The highest BCUT2D eigenvalue weighted by Crippen LogP contribution is 2.46. The van der Waals surface area contributed by atoms with Crippen molar-refractivity contribution in [1.82, 2.24) is 0 Å². The largest absolute Gasteiger partial charge is 0.373 e. The summed E-state index contributed by atoms with van der Waals surface area (Å²) in [4.78, 5) is 10.5. The molecule has 14 heteroatoms. The first kappa shape index (κ1) is 25.9. The van der Waals surface area contributed by atoms with E-state index in [9.17, 15) is 29.1 Å². The number of azo groups is 1. The molecule has 1 N–H and O–H groups in total. The summed E-state index contributed by atoms with van der Waals surface area (Å²) in [5.74, 6) is 0. The van der Waals surface area contributed by atoms with Crippen LogP contribution in [0.25, 0.3) is 11.1 Å². The highest BCUT2D eigenvalue weighted by atomic mass is 79.9. The fourth-order valence-electron chi connectivity index (χ4n) is 2.92. The van der Waals surface area contributed by atoms with Gasteiger partial charge in [-0.1, -0.05) is 41.7 Å². The number of hydrogen-bond acceptors (Lipinski definition) is 11. The van der Waals surface area contributed by atoms with Crippen molar-refractivity contribution in [2.75, 3.05) is 24.7 Å². The Morgan fingerprint density at radius 3 is 2.51 bits per heavy atom. The van der Waals surface area contributed by atoms with Crippen molar-refractivity contribution in [1.29, 1.82) is 10.5 Å². The molecule has 178 valence electrons. The molecule has 0 amide bonds. The van der Waals surface area contributed by atoms with E-state index in [1.54, 1.807) is 24.3 Å². The fraction of sp³-hybridized carbons (Fsp3) is 0.143. The molecule has 0 unspecified atom stereocenters. The molecule has 0 saturated heterocycles. The van der Waals surface area contributed by atoms with Crippen LogP contribution in [-0.2, 0) is 14.3 Å². The third kappa shape index (κ3) is 6.46. The number of nitriles is 2. The van der Waals surface area contributed by atoms with E-state index in [0.29, 0.717) is 21.1 Å². The molecule has 1 aromatic heterocycles. The van der Waals surface area contributed by atoms with Gasteiger partial charge in [-0.25, -0.2) is 0 Å². The summed E-state index contributed by atoms with van der Waals surface area (Å²) in [6.45, 7) is -0.0278. The molecule has 0 saturated carbocycles. The van der Waals surface area contributed by atoms with E-state index < -0.39 is 15.0 Å². The molecule has 0 atom stereocenters. The third-order valence-corrected chi connectivity index (χ3v) is 6.60. The maximum atomic E-state index is 11.2. The predicted octanol–water partition coefficient (Wildman–Crippen LogP) is 5.63. The van der Waals surface area contributed by atoms with Gasteiger partial charge in [-0.05, 0) is 21.5 Å². The summed E-state index contributed by atoms with van der Waals surface area (Å²) in [5, 5.41) is 42.6. The number of rotatable bonds is 9. The van der Waals surface area contributed by atoms with Crippen molar-refractivity contribution in [2.24, 2.45) is 10.2 Å². The molecule has 0 spiro atoms. The van der Waals surface area contributed by atoms with E-state index in [4.69, 9.17) is 4.18 Å². The van der Waals surface area contributed by atoms with Gasteiger partial charge in [0.2, 0.25) is 0 Å². The van der Waals surface area contributed by atoms with Gasteiger partial charge in [0, 0.05) is 24.2 Å². The lowest BCUT2D eigenvalue weighted by Gasteiger charge is -2.05. The van der Waals surface area contributed by atoms with E-state index in [1.165, 1.54) is 6.07 Å². The molecule has 3 aromatic rings. The van der Waals surface area contributed by atoms with Crippen LogP contribution in [-0.4, -0.2) is 32.7 Å². The zero-order chi connectivity index (χ0) is 25.6. The summed E-state index contributed by atoms with van der Waals surface area (Å²) in [7, 11) is -3.61. The molecular weight excluding hydrogens is 560 g/mol. The Morgan fingerprint density at radius 2 is 1.91 bits per heavy atom. The molecule has 2 aromatic carbocycles. The standard InChI is InChI=1S/C21H15BrN6O5S2/c1-35(31,32)33-8-7-25-20-16(12-24)18(13-5-3-2-4-6-13)21(34-20)27-26-19-14(11-23)9-15(28(29)30)10-17(19)22/h2-6,9-10,25H,7-8H2,1H3. The molecule has 11 nitrogen and oxygen atoms in total. The lowest BCUT2D eigenvalue weighted by molar-refractivity contribution is -0.384. The summed E-state index contributed by atoms with van der Waals surface area (Å²) in [5.41, 5.74) is 1.23. The molecule has 35 heavy (non-hydrogen) atoms. The van der Waals surface area contributed by atoms with Crippen LogP contribution in [0, 0.1) is 32.8 Å². The lowest BCUT2D eigenvalue weighted by Crippen LogP contribution is -2.12. The van der Waals surface area contributed by atoms with Gasteiger partial charge >= 0.3 is 0 Å². The third-order valence-electron chi connectivity index (χ3n) is 4.37. The number of anilines is 1. The van der Waals surface area contributed by atoms with Gasteiger partial charge in [0.1, 0.15) is 27.8 Å². The summed E-state index contributed by atoms with van der Waals surface area (Å²) in [6.07, 6.45) is 0.941. The lowest BCUT2D eigenvalue weighted by atomic mass is 10.0. The molecule has 0 fully saturated rings. The van der Waals surface area contributed by atoms with E-state index in [0.717, 1.165) is 23.7 Å². The average molecular weight is 575 g/mol. The van der Waals surface area contributed by atoms with Crippen LogP contribution >= 0.6 is 27.3 Å². The van der Waals surface area contributed by atoms with Gasteiger partial charge < -0.3 is 5.32 Å². The number of nitrogens with one attached hydrogen (secondary N) is 1. The number of non-ortho nitro benzene ring substituents is 1. The van der Waals surface area contributed by atoms with Crippen LogP contribution in [0.1, 0.15) is 11.1 Å². The minimum Gasteiger partial charge on any atom is -0.373 e. The second-order valence-electron chi connectivity index (χ2n) is 6.81. The molecular formula is C21H15BrN6O5S2. The number of hydrogen-bond donors (Lipinski definition) is 1. The maximum Gasteiger partial charge on any atom is 0.272 e. The average Bonchev–Trinajstić information content (AvgIpc) is 3.17. The SMILES string of the molecule is CS(=O)(=O)OCCNc1sc(N=Nc2c(Br)cc([N+](=O)[O-])cc2C#N)c(-c2ccccc2)c1C#N. The second-order valence-corrected chi connectivity index (χ2v) is 10.3. The Morgan fingerprint density at radius 1 is 1.20 bits per heavy atom. The highest BCUT2D eigenvalue weighted by Gasteiger charge is 2.21. The molecule has 0 radical (unpaired) electrons. The first-order valence-electron chi connectivity index (χ1n) is 9.65. The normalized spacial score (nSPS) is 11.2. The number of benzene rings is 2. The Balaban J connectivity index is 2.05. The molecule has 3 rings (SSSR count). The number of nitro benzene ring substituents is 1. The minimum atomic E-state index is -3.61. The summed E-state index contributed by atoms with van der Waals surface area (Å²) >= 11 is 4.31. The molecule has 0 bridgehead atoms. The minimum absolute atomic E-state index is 0.0515. The maximum absolute atomic E-state index is 11.2. The van der Waals surface area contributed by atoms with E-state index >= 15 is 0 Å². The van der Waals surface area contributed by atoms with Crippen molar-refractivity contribution in [3.8, 4) is 23.3 Å². The van der Waals surface area contributed by atoms with Gasteiger partial charge in [0.25, 0.3) is 15.8 Å². The topological polar surface area (TPSA) is 171 Å². The van der Waals surface area contributed by atoms with Gasteiger partial charge in [0.05, 0.1) is 33.4 Å². The second kappa shape index (κ2) is 11.2. The van der Waals surface area contributed by atoms with Crippen LogP contribution in [0.4, 0.5) is 21.4 Å². The van der Waals surface area contributed by atoms with Crippen LogP contribution in [0.3, 0.4) is 0 Å². The van der Waals surface area contributed by atoms with Crippen molar-refractivity contribution < 1.29 is 17.5 Å². The first-order valence-corrected chi connectivity index (χ1v) is 13.1. The van der Waals surface area contributed by atoms with Gasteiger partial charge in [-0.15, -0.1) is 10.2 Å². The molecule has 0 aliphatic rings. The Bertz CT molecular complexity index is 1490. The van der Waals surface area contributed by atoms with E-state index in [2.05, 4.69) is 37.5 Å². The van der Waals surface area contributed by atoms with Crippen molar-refractivity contribution >= 4 is 58.8 Å². The zero-order valence-electron chi connectivity index (χ0n) is 17.9. The number of nitro groups is 1. The molecule has 0 aliphatic heterocycles. The Kier molecular flexibility index (Phi) is 8.26. The van der Waals surface area contributed by atoms with Crippen LogP contribution in [0.15, 0.2) is 57.2 Å². The van der Waals surface area contributed by atoms with Crippen LogP contribution in [0.2, 0.25) is 0 Å². The summed E-state index contributed by atoms with van der Waals surface area (Å²) in [6, 6.07) is 15.3. The number of nitrogens with zero attached hydrogens (tertiary/aromatic N) is 5. The number of halogens is 1. The van der Waals surface area contributed by atoms with Gasteiger partial charge in [-0.3, -0.25) is 14.3 Å².